The van der Waals surface area contributed by atoms with Crippen molar-refractivity contribution in [3.63, 3.8) is 0 Å². The molecule has 2 aromatic carbocycles. The predicted octanol–water partition coefficient (Wildman–Crippen LogP) is 2.90. The molecule has 0 saturated carbocycles. The third-order valence-corrected chi connectivity index (χ3v) is 4.54. The summed E-state index contributed by atoms with van der Waals surface area (Å²) in [5.41, 5.74) is 3.30. The van der Waals surface area contributed by atoms with E-state index in [1.807, 2.05) is 54.6 Å². The first-order valence-electron chi connectivity index (χ1n) is 9.02. The highest BCUT2D eigenvalue weighted by Gasteiger charge is 2.11. The van der Waals surface area contributed by atoms with Crippen molar-refractivity contribution < 1.29 is 9.32 Å². The van der Waals surface area contributed by atoms with Crippen LogP contribution >= 0.6 is 0 Å². The first kappa shape index (κ1) is 17.7. The molecule has 0 aliphatic heterocycles. The van der Waals surface area contributed by atoms with Gasteiger partial charge in [0.05, 0.1) is 13.0 Å². The van der Waals surface area contributed by atoms with E-state index in [9.17, 15) is 9.59 Å². The van der Waals surface area contributed by atoms with Gasteiger partial charge in [0, 0.05) is 24.2 Å². The molecular weight excluding hydrogens is 354 g/mol. The number of nitrogens with zero attached hydrogens (tertiary/aromatic N) is 2. The summed E-state index contributed by atoms with van der Waals surface area (Å²) in [6.45, 7) is 0.950. The van der Waals surface area contributed by atoms with E-state index in [0.717, 1.165) is 16.5 Å². The molecule has 0 aliphatic rings. The van der Waals surface area contributed by atoms with Crippen LogP contribution in [-0.2, 0) is 24.3 Å². The molecule has 2 aromatic heterocycles. The molecule has 6 heteroatoms. The average molecular weight is 373 g/mol. The van der Waals surface area contributed by atoms with Gasteiger partial charge in [-0.25, -0.2) is 0 Å². The zero-order chi connectivity index (χ0) is 19.3. The van der Waals surface area contributed by atoms with E-state index in [-0.39, 0.29) is 17.9 Å². The van der Waals surface area contributed by atoms with Crippen LogP contribution in [0.1, 0.15) is 16.8 Å². The van der Waals surface area contributed by atoms with Gasteiger partial charge in [-0.1, -0.05) is 47.6 Å². The van der Waals surface area contributed by atoms with Crippen molar-refractivity contribution in [3.05, 3.63) is 100 Å². The number of fused-ring (bicyclic) bond motifs is 1. The van der Waals surface area contributed by atoms with Gasteiger partial charge in [0.2, 0.25) is 5.91 Å². The molecule has 0 saturated heterocycles. The molecule has 0 fully saturated rings. The van der Waals surface area contributed by atoms with Crippen LogP contribution in [0.25, 0.3) is 11.0 Å². The largest absolute Gasteiger partial charge is 0.356 e. The molecule has 4 rings (SSSR count). The van der Waals surface area contributed by atoms with Crippen LogP contribution in [0.5, 0.6) is 0 Å². The fraction of sp³-hybridized carbons (Fsp3) is 0.136. The molecule has 28 heavy (non-hydrogen) atoms. The molecule has 0 aliphatic carbocycles. The number of aromatic nitrogens is 2. The van der Waals surface area contributed by atoms with Gasteiger partial charge in [0.25, 0.3) is 5.56 Å². The van der Waals surface area contributed by atoms with Crippen LogP contribution in [-0.4, -0.2) is 15.6 Å². The zero-order valence-electron chi connectivity index (χ0n) is 15.2. The van der Waals surface area contributed by atoms with Crippen molar-refractivity contribution in [1.29, 1.82) is 0 Å². The molecule has 0 bridgehead atoms. The SMILES string of the molecule is O=C(Cc1noc2ccccc12)NCc1ccc(Cn2ccccc2=O)cc1. The minimum atomic E-state index is -0.112. The number of nitrogens with one attached hydrogen (secondary N) is 1. The fourth-order valence-electron chi connectivity index (χ4n) is 3.03. The maximum absolute atomic E-state index is 12.2. The van der Waals surface area contributed by atoms with Crippen molar-refractivity contribution in [1.82, 2.24) is 15.0 Å². The molecule has 0 unspecified atom stereocenters. The topological polar surface area (TPSA) is 77.1 Å². The van der Waals surface area contributed by atoms with Crippen LogP contribution in [0.15, 0.2) is 82.2 Å². The highest BCUT2D eigenvalue weighted by Crippen LogP contribution is 2.18. The third kappa shape index (κ3) is 4.01. The van der Waals surface area contributed by atoms with Crippen molar-refractivity contribution in [2.45, 2.75) is 19.5 Å². The molecule has 0 radical (unpaired) electrons. The summed E-state index contributed by atoms with van der Waals surface area (Å²) in [4.78, 5) is 24.0. The normalized spacial score (nSPS) is 10.9. The minimum Gasteiger partial charge on any atom is -0.356 e. The number of hydrogen-bond donors (Lipinski definition) is 1. The molecule has 140 valence electrons. The van der Waals surface area contributed by atoms with E-state index in [1.165, 1.54) is 0 Å². The first-order chi connectivity index (χ1) is 13.7. The Hall–Kier alpha value is -3.67. The number of amides is 1. The summed E-state index contributed by atoms with van der Waals surface area (Å²) in [5.74, 6) is -0.112. The van der Waals surface area contributed by atoms with Crippen molar-refractivity contribution in [2.75, 3.05) is 0 Å². The first-order valence-corrected chi connectivity index (χ1v) is 9.02. The number of rotatable bonds is 6. The molecule has 1 amide bonds. The van der Waals surface area contributed by atoms with Crippen LogP contribution in [0, 0.1) is 0 Å². The summed E-state index contributed by atoms with van der Waals surface area (Å²) in [6, 6.07) is 20.4. The second-order valence-electron chi connectivity index (χ2n) is 6.56. The second kappa shape index (κ2) is 7.92. The fourth-order valence-corrected chi connectivity index (χ4v) is 3.03. The monoisotopic (exact) mass is 373 g/mol. The van der Waals surface area contributed by atoms with Gasteiger partial charge in [-0.2, -0.15) is 0 Å². The van der Waals surface area contributed by atoms with Crippen LogP contribution in [0.3, 0.4) is 0 Å². The van der Waals surface area contributed by atoms with Crippen molar-refractivity contribution >= 4 is 16.9 Å². The number of carbonyl (C=O) groups excluding carboxylic acids is 1. The quantitative estimate of drug-likeness (QED) is 0.564. The van der Waals surface area contributed by atoms with E-state index in [0.29, 0.717) is 24.4 Å². The van der Waals surface area contributed by atoms with Crippen molar-refractivity contribution in [3.8, 4) is 0 Å². The lowest BCUT2D eigenvalue weighted by molar-refractivity contribution is -0.120. The van der Waals surface area contributed by atoms with Gasteiger partial charge in [-0.05, 0) is 29.3 Å². The van der Waals surface area contributed by atoms with E-state index < -0.39 is 0 Å². The lowest BCUT2D eigenvalue weighted by Gasteiger charge is -2.08. The second-order valence-corrected chi connectivity index (χ2v) is 6.56. The highest BCUT2D eigenvalue weighted by molar-refractivity contribution is 5.86. The number of benzene rings is 2. The maximum Gasteiger partial charge on any atom is 0.250 e. The molecule has 0 spiro atoms. The lowest BCUT2D eigenvalue weighted by atomic mass is 10.1. The van der Waals surface area contributed by atoms with E-state index >= 15 is 0 Å². The Kier molecular flexibility index (Phi) is 5.01. The number of pyridine rings is 1. The average Bonchev–Trinajstić information content (AvgIpc) is 3.12. The Balaban J connectivity index is 1.34. The molecule has 6 nitrogen and oxygen atoms in total. The zero-order valence-corrected chi connectivity index (χ0v) is 15.2. The Labute approximate surface area is 161 Å². The van der Waals surface area contributed by atoms with Gasteiger partial charge in [0.1, 0.15) is 5.69 Å². The van der Waals surface area contributed by atoms with Gasteiger partial charge in [-0.15, -0.1) is 0 Å². The van der Waals surface area contributed by atoms with E-state index in [4.69, 9.17) is 4.52 Å². The summed E-state index contributed by atoms with van der Waals surface area (Å²) < 4.78 is 6.88. The standard InChI is InChI=1S/C22H19N3O3/c26-21(13-19-18-5-1-2-6-20(18)28-24-19)23-14-16-8-10-17(11-9-16)15-25-12-4-3-7-22(25)27/h1-12H,13-15H2,(H,23,26). The molecule has 4 aromatic rings. The summed E-state index contributed by atoms with van der Waals surface area (Å²) >= 11 is 0. The number of carbonyl (C=O) groups is 1. The Bertz CT molecular complexity index is 1160. The van der Waals surface area contributed by atoms with Crippen LogP contribution < -0.4 is 10.9 Å². The Morgan fingerprint density at radius 2 is 1.71 bits per heavy atom. The van der Waals surface area contributed by atoms with Crippen molar-refractivity contribution in [2.24, 2.45) is 0 Å². The molecular formula is C22H19N3O3. The summed E-state index contributed by atoms with van der Waals surface area (Å²) in [5, 5.41) is 7.75. The number of para-hydroxylation sites is 1. The van der Waals surface area contributed by atoms with Gasteiger partial charge < -0.3 is 14.4 Å². The Morgan fingerprint density at radius 3 is 2.54 bits per heavy atom. The van der Waals surface area contributed by atoms with Crippen LogP contribution in [0.4, 0.5) is 0 Å². The molecule has 0 atom stereocenters. The van der Waals surface area contributed by atoms with Crippen LogP contribution in [0.2, 0.25) is 0 Å². The highest BCUT2D eigenvalue weighted by atomic mass is 16.5. The predicted molar refractivity (Wildman–Crippen MR) is 106 cm³/mol. The van der Waals surface area contributed by atoms with E-state index in [1.54, 1.807) is 22.9 Å². The molecule has 2 heterocycles. The van der Waals surface area contributed by atoms with Gasteiger partial charge >= 0.3 is 0 Å². The number of hydrogen-bond acceptors (Lipinski definition) is 4. The summed E-state index contributed by atoms with van der Waals surface area (Å²) in [6.07, 6.45) is 1.94. The molecule has 1 N–H and O–H groups in total. The Morgan fingerprint density at radius 1 is 0.964 bits per heavy atom. The van der Waals surface area contributed by atoms with E-state index in [2.05, 4.69) is 10.5 Å². The smallest absolute Gasteiger partial charge is 0.250 e. The third-order valence-electron chi connectivity index (χ3n) is 4.54. The minimum absolute atomic E-state index is 0.0285. The maximum atomic E-state index is 12.2. The summed E-state index contributed by atoms with van der Waals surface area (Å²) in [7, 11) is 0. The van der Waals surface area contributed by atoms with Gasteiger partial charge in [-0.3, -0.25) is 9.59 Å². The van der Waals surface area contributed by atoms with Gasteiger partial charge in [0.15, 0.2) is 5.58 Å². The lowest BCUT2D eigenvalue weighted by Crippen LogP contribution is -2.24.